The second kappa shape index (κ2) is 5.66. The van der Waals surface area contributed by atoms with Crippen LogP contribution >= 0.6 is 12.6 Å². The number of hydrogen-bond acceptors (Lipinski definition) is 3. The maximum atomic E-state index is 11.4. The van der Waals surface area contributed by atoms with Crippen molar-refractivity contribution in [1.29, 1.82) is 0 Å². The molecule has 0 saturated heterocycles. The van der Waals surface area contributed by atoms with Crippen LogP contribution in [0.3, 0.4) is 0 Å². The molecule has 0 aromatic heterocycles. The number of aromatic hydroxyl groups is 1. The number of nitrogens with one attached hydrogen (secondary N) is 1. The predicted molar refractivity (Wildman–Crippen MR) is 63.0 cm³/mol. The zero-order valence-corrected chi connectivity index (χ0v) is 9.50. The maximum absolute atomic E-state index is 11.4. The molecule has 0 unspecified atom stereocenters. The van der Waals surface area contributed by atoms with Crippen LogP contribution in [0.25, 0.3) is 0 Å². The molecule has 1 atom stereocenters. The van der Waals surface area contributed by atoms with Crippen molar-refractivity contribution in [3.8, 4) is 5.75 Å². The summed E-state index contributed by atoms with van der Waals surface area (Å²) in [6, 6.07) is 6.95. The highest BCUT2D eigenvalue weighted by Crippen LogP contribution is 2.14. The fourth-order valence-electron chi connectivity index (χ4n) is 1.10. The third kappa shape index (κ3) is 3.47. The first-order valence-electron chi connectivity index (χ1n) is 4.80. The summed E-state index contributed by atoms with van der Waals surface area (Å²) in [6.07, 6.45) is 0. The minimum Gasteiger partial charge on any atom is -0.508 e. The first-order chi connectivity index (χ1) is 7.15. The van der Waals surface area contributed by atoms with Gasteiger partial charge in [-0.3, -0.25) is 4.79 Å². The number of amides is 1. The summed E-state index contributed by atoms with van der Waals surface area (Å²) in [5.74, 6) is 0.566. The molecule has 15 heavy (non-hydrogen) atoms. The van der Waals surface area contributed by atoms with Crippen molar-refractivity contribution in [2.75, 3.05) is 5.75 Å². The van der Waals surface area contributed by atoms with E-state index in [0.717, 1.165) is 5.56 Å². The van der Waals surface area contributed by atoms with E-state index in [2.05, 4.69) is 17.9 Å². The molecular formula is C11H15NO2S. The number of hydrogen-bond donors (Lipinski definition) is 3. The van der Waals surface area contributed by atoms with Gasteiger partial charge in [-0.25, -0.2) is 0 Å². The first kappa shape index (κ1) is 11.9. The van der Waals surface area contributed by atoms with Gasteiger partial charge >= 0.3 is 0 Å². The Kier molecular flexibility index (Phi) is 4.49. The first-order valence-corrected chi connectivity index (χ1v) is 5.44. The van der Waals surface area contributed by atoms with E-state index in [1.54, 1.807) is 18.2 Å². The van der Waals surface area contributed by atoms with Gasteiger partial charge in [0.05, 0.1) is 0 Å². The minimum absolute atomic E-state index is 0.0479. The van der Waals surface area contributed by atoms with Crippen LogP contribution in [-0.4, -0.2) is 16.8 Å². The maximum Gasteiger partial charge on any atom is 0.223 e. The summed E-state index contributed by atoms with van der Waals surface area (Å²) in [5, 5.41) is 12.2. The van der Waals surface area contributed by atoms with Crippen LogP contribution in [0.1, 0.15) is 12.5 Å². The largest absolute Gasteiger partial charge is 0.508 e. The highest BCUT2D eigenvalue weighted by atomic mass is 32.1. The molecule has 0 aliphatic rings. The van der Waals surface area contributed by atoms with Crippen LogP contribution in [0.15, 0.2) is 24.3 Å². The van der Waals surface area contributed by atoms with Crippen molar-refractivity contribution in [1.82, 2.24) is 5.32 Å². The Morgan fingerprint density at radius 2 is 2.20 bits per heavy atom. The van der Waals surface area contributed by atoms with Crippen molar-refractivity contribution in [2.24, 2.45) is 5.92 Å². The molecule has 0 saturated carbocycles. The molecular weight excluding hydrogens is 210 g/mol. The Labute approximate surface area is 94.9 Å². The summed E-state index contributed by atoms with van der Waals surface area (Å²) in [5.41, 5.74) is 0.720. The average molecular weight is 225 g/mol. The number of para-hydroxylation sites is 1. The monoisotopic (exact) mass is 225 g/mol. The number of phenolic OH excluding ortho intramolecular Hbond substituents is 1. The summed E-state index contributed by atoms with van der Waals surface area (Å²) in [6.45, 7) is 2.16. The van der Waals surface area contributed by atoms with Crippen molar-refractivity contribution in [3.05, 3.63) is 29.8 Å². The van der Waals surface area contributed by atoms with Crippen LogP contribution in [0, 0.1) is 5.92 Å². The predicted octanol–water partition coefficient (Wildman–Crippen LogP) is 1.57. The molecule has 0 radical (unpaired) electrons. The number of thiol groups is 1. The van der Waals surface area contributed by atoms with Gasteiger partial charge in [0.25, 0.3) is 0 Å². The molecule has 0 aliphatic heterocycles. The van der Waals surface area contributed by atoms with Gasteiger partial charge in [-0.15, -0.1) is 0 Å². The molecule has 0 fully saturated rings. The highest BCUT2D eigenvalue weighted by Gasteiger charge is 2.10. The zero-order chi connectivity index (χ0) is 11.3. The summed E-state index contributed by atoms with van der Waals surface area (Å²) in [7, 11) is 0. The smallest absolute Gasteiger partial charge is 0.223 e. The molecule has 1 rings (SSSR count). The Balaban J connectivity index is 2.51. The molecule has 0 spiro atoms. The Bertz CT molecular complexity index is 341. The van der Waals surface area contributed by atoms with Gasteiger partial charge in [0.2, 0.25) is 5.91 Å². The summed E-state index contributed by atoms with van der Waals surface area (Å²) in [4.78, 5) is 11.4. The fraction of sp³-hybridized carbons (Fsp3) is 0.364. The van der Waals surface area contributed by atoms with Crippen LogP contribution in [0.2, 0.25) is 0 Å². The molecule has 4 heteroatoms. The van der Waals surface area contributed by atoms with Gasteiger partial charge in [-0.05, 0) is 6.07 Å². The Morgan fingerprint density at radius 1 is 1.53 bits per heavy atom. The van der Waals surface area contributed by atoms with E-state index in [4.69, 9.17) is 0 Å². The third-order valence-electron chi connectivity index (χ3n) is 2.17. The van der Waals surface area contributed by atoms with Crippen LogP contribution in [0.5, 0.6) is 5.75 Å². The van der Waals surface area contributed by atoms with Gasteiger partial charge in [0.15, 0.2) is 0 Å². The third-order valence-corrected chi connectivity index (χ3v) is 2.71. The zero-order valence-electron chi connectivity index (χ0n) is 8.60. The van der Waals surface area contributed by atoms with Crippen molar-refractivity contribution < 1.29 is 9.90 Å². The highest BCUT2D eigenvalue weighted by molar-refractivity contribution is 7.80. The van der Waals surface area contributed by atoms with Crippen molar-refractivity contribution >= 4 is 18.5 Å². The molecule has 2 N–H and O–H groups in total. The average Bonchev–Trinajstić information content (AvgIpc) is 2.26. The Hall–Kier alpha value is -1.16. The van der Waals surface area contributed by atoms with Gasteiger partial charge in [0, 0.05) is 23.8 Å². The van der Waals surface area contributed by atoms with E-state index in [1.807, 2.05) is 13.0 Å². The van der Waals surface area contributed by atoms with Crippen molar-refractivity contribution in [2.45, 2.75) is 13.5 Å². The second-order valence-electron chi connectivity index (χ2n) is 3.43. The SMILES string of the molecule is C[C@H](CS)C(=O)NCc1ccccc1O. The number of rotatable bonds is 4. The van der Waals surface area contributed by atoms with Gasteiger partial charge in [-0.2, -0.15) is 12.6 Å². The fourth-order valence-corrected chi connectivity index (χ4v) is 1.27. The lowest BCUT2D eigenvalue weighted by molar-refractivity contribution is -0.123. The molecule has 82 valence electrons. The number of phenols is 1. The Morgan fingerprint density at radius 3 is 2.80 bits per heavy atom. The summed E-state index contributed by atoms with van der Waals surface area (Å²) >= 11 is 4.05. The lowest BCUT2D eigenvalue weighted by atomic mass is 10.1. The molecule has 0 aliphatic carbocycles. The molecule has 1 aromatic rings. The normalized spacial score (nSPS) is 12.1. The van der Waals surface area contributed by atoms with E-state index in [9.17, 15) is 9.90 Å². The van der Waals surface area contributed by atoms with E-state index >= 15 is 0 Å². The lowest BCUT2D eigenvalue weighted by Gasteiger charge is -2.10. The molecule has 0 bridgehead atoms. The summed E-state index contributed by atoms with van der Waals surface area (Å²) < 4.78 is 0. The van der Waals surface area contributed by atoms with Crippen molar-refractivity contribution in [3.63, 3.8) is 0 Å². The minimum atomic E-state index is -0.112. The van der Waals surface area contributed by atoms with Crippen LogP contribution in [-0.2, 0) is 11.3 Å². The molecule has 3 nitrogen and oxygen atoms in total. The lowest BCUT2D eigenvalue weighted by Crippen LogP contribution is -2.29. The van der Waals surface area contributed by atoms with Gasteiger partial charge in [0.1, 0.15) is 5.75 Å². The quantitative estimate of drug-likeness (QED) is 0.681. The number of benzene rings is 1. The molecule has 0 heterocycles. The van der Waals surface area contributed by atoms with E-state index in [1.165, 1.54) is 0 Å². The number of carbonyl (C=O) groups is 1. The van der Waals surface area contributed by atoms with Gasteiger partial charge in [-0.1, -0.05) is 25.1 Å². The standard InChI is InChI=1S/C11H15NO2S/c1-8(7-15)11(14)12-6-9-4-2-3-5-10(9)13/h2-5,8,13,15H,6-7H2,1H3,(H,12,14)/t8-/m1/s1. The van der Waals surface area contributed by atoms with Crippen LogP contribution < -0.4 is 5.32 Å². The van der Waals surface area contributed by atoms with Crippen LogP contribution in [0.4, 0.5) is 0 Å². The topological polar surface area (TPSA) is 49.3 Å². The van der Waals surface area contributed by atoms with E-state index in [0.29, 0.717) is 12.3 Å². The number of carbonyl (C=O) groups excluding carboxylic acids is 1. The second-order valence-corrected chi connectivity index (χ2v) is 3.80. The molecule has 1 aromatic carbocycles. The van der Waals surface area contributed by atoms with E-state index < -0.39 is 0 Å². The van der Waals surface area contributed by atoms with E-state index in [-0.39, 0.29) is 17.6 Å². The van der Waals surface area contributed by atoms with Gasteiger partial charge < -0.3 is 10.4 Å². The molecule has 1 amide bonds.